The average Bonchev–Trinajstić information content (AvgIpc) is 2.48. The lowest BCUT2D eigenvalue weighted by Gasteiger charge is -2.32. The van der Waals surface area contributed by atoms with Gasteiger partial charge in [-0.3, -0.25) is 0 Å². The third-order valence-electron chi connectivity index (χ3n) is 3.65. The highest BCUT2D eigenvalue weighted by Gasteiger charge is 2.52. The van der Waals surface area contributed by atoms with E-state index in [-0.39, 0.29) is 11.2 Å². The molecule has 0 amide bonds. The Bertz CT molecular complexity index is 449. The van der Waals surface area contributed by atoms with Gasteiger partial charge in [0.25, 0.3) is 0 Å². The van der Waals surface area contributed by atoms with Crippen LogP contribution in [0.4, 0.5) is 5.82 Å². The third kappa shape index (κ3) is 2.22. The average molecular weight is 269 g/mol. The van der Waals surface area contributed by atoms with Crippen LogP contribution in [-0.2, 0) is 9.31 Å². The van der Waals surface area contributed by atoms with Gasteiger partial charge in [-0.25, -0.2) is 4.98 Å². The van der Waals surface area contributed by atoms with Gasteiger partial charge in [-0.1, -0.05) is 11.6 Å². The van der Waals surface area contributed by atoms with E-state index in [4.69, 9.17) is 20.9 Å². The highest BCUT2D eigenvalue weighted by Crippen LogP contribution is 2.37. The number of nitrogens with zero attached hydrogens (tertiary/aromatic N) is 1. The van der Waals surface area contributed by atoms with Gasteiger partial charge in [-0.05, 0) is 33.8 Å². The zero-order chi connectivity index (χ0) is 13.6. The lowest BCUT2D eigenvalue weighted by Crippen LogP contribution is -2.41. The third-order valence-corrected chi connectivity index (χ3v) is 3.96. The number of nitrogens with one attached hydrogen (secondary N) is 1. The van der Waals surface area contributed by atoms with Crippen LogP contribution in [0, 0.1) is 0 Å². The predicted molar refractivity (Wildman–Crippen MR) is 74.5 cm³/mol. The number of aromatic nitrogens is 1. The fraction of sp³-hybridized carbons (Fsp3) is 0.583. The van der Waals surface area contributed by atoms with Crippen molar-refractivity contribution in [1.82, 2.24) is 4.98 Å². The number of hydrogen-bond acceptors (Lipinski definition) is 4. The van der Waals surface area contributed by atoms with E-state index in [0.29, 0.717) is 5.02 Å². The van der Waals surface area contributed by atoms with Crippen LogP contribution in [0.1, 0.15) is 27.7 Å². The van der Waals surface area contributed by atoms with E-state index in [0.717, 1.165) is 11.3 Å². The van der Waals surface area contributed by atoms with Crippen molar-refractivity contribution < 1.29 is 9.31 Å². The summed E-state index contributed by atoms with van der Waals surface area (Å²) in [4.78, 5) is 4.15. The molecule has 1 saturated heterocycles. The van der Waals surface area contributed by atoms with E-state index in [2.05, 4.69) is 10.3 Å². The minimum atomic E-state index is -0.461. The predicted octanol–water partition coefficient (Wildman–Crippen LogP) is 2.08. The van der Waals surface area contributed by atoms with Crippen LogP contribution in [0.25, 0.3) is 0 Å². The van der Waals surface area contributed by atoms with E-state index in [9.17, 15) is 0 Å². The standard InChI is InChI=1S/C12H18BClN2O2/c1-11(2)12(3,4)18-13(17-11)8-6-10(15-5)16-7-9(8)14/h6-7H,1-5H3,(H,15,16). The Balaban J connectivity index is 2.34. The Morgan fingerprint density at radius 3 is 2.28 bits per heavy atom. The lowest BCUT2D eigenvalue weighted by atomic mass is 9.79. The molecule has 1 N–H and O–H groups in total. The molecule has 0 bridgehead atoms. The normalized spacial score (nSPS) is 21.1. The molecular formula is C12H18BClN2O2. The summed E-state index contributed by atoms with van der Waals surface area (Å²) in [6.45, 7) is 8.06. The summed E-state index contributed by atoms with van der Waals surface area (Å²) < 4.78 is 11.9. The van der Waals surface area contributed by atoms with Gasteiger partial charge in [-0.2, -0.15) is 0 Å². The van der Waals surface area contributed by atoms with Crippen molar-refractivity contribution in [3.8, 4) is 0 Å². The molecule has 18 heavy (non-hydrogen) atoms. The molecule has 0 radical (unpaired) electrons. The minimum absolute atomic E-state index is 0.371. The molecule has 1 aromatic rings. The maximum atomic E-state index is 6.17. The minimum Gasteiger partial charge on any atom is -0.399 e. The van der Waals surface area contributed by atoms with E-state index in [1.54, 1.807) is 6.20 Å². The second kappa shape index (κ2) is 4.40. The molecule has 6 heteroatoms. The summed E-state index contributed by atoms with van der Waals surface area (Å²) in [6, 6.07) is 1.85. The van der Waals surface area contributed by atoms with Gasteiger partial charge in [0.15, 0.2) is 0 Å². The first-order chi connectivity index (χ1) is 8.27. The number of pyridine rings is 1. The second-order valence-corrected chi connectivity index (χ2v) is 5.84. The Labute approximate surface area is 113 Å². The first-order valence-electron chi connectivity index (χ1n) is 5.96. The molecule has 4 nitrogen and oxygen atoms in total. The number of hydrogen-bond donors (Lipinski definition) is 1. The quantitative estimate of drug-likeness (QED) is 0.834. The molecule has 1 aliphatic heterocycles. The van der Waals surface area contributed by atoms with Crippen molar-refractivity contribution in [1.29, 1.82) is 0 Å². The summed E-state index contributed by atoms with van der Waals surface area (Å²) >= 11 is 6.17. The Hall–Kier alpha value is -0.775. The van der Waals surface area contributed by atoms with Gasteiger partial charge in [0.1, 0.15) is 5.82 Å². The largest absolute Gasteiger partial charge is 0.496 e. The fourth-order valence-electron chi connectivity index (χ4n) is 1.74. The SMILES string of the molecule is CNc1cc(B2OC(C)(C)C(C)(C)O2)c(Cl)cn1. The molecule has 2 rings (SSSR count). The summed E-state index contributed by atoms with van der Waals surface area (Å²) in [5.41, 5.74) is 0.0587. The van der Waals surface area contributed by atoms with E-state index in [1.165, 1.54) is 0 Å². The van der Waals surface area contributed by atoms with Crippen molar-refractivity contribution >= 4 is 30.0 Å². The smallest absolute Gasteiger partial charge is 0.399 e. The maximum absolute atomic E-state index is 6.17. The Morgan fingerprint density at radius 2 is 1.78 bits per heavy atom. The zero-order valence-corrected chi connectivity index (χ0v) is 12.1. The first-order valence-corrected chi connectivity index (χ1v) is 6.33. The monoisotopic (exact) mass is 268 g/mol. The van der Waals surface area contributed by atoms with Gasteiger partial charge in [-0.15, -0.1) is 0 Å². The van der Waals surface area contributed by atoms with Crippen LogP contribution in [0.3, 0.4) is 0 Å². The molecule has 98 valence electrons. The van der Waals surface area contributed by atoms with Gasteiger partial charge >= 0.3 is 7.12 Å². The number of halogens is 1. The van der Waals surface area contributed by atoms with E-state index in [1.807, 2.05) is 40.8 Å². The maximum Gasteiger partial charge on any atom is 0.496 e. The van der Waals surface area contributed by atoms with Crippen LogP contribution in [0.5, 0.6) is 0 Å². The topological polar surface area (TPSA) is 43.4 Å². The van der Waals surface area contributed by atoms with Crippen molar-refractivity contribution in [2.45, 2.75) is 38.9 Å². The molecular weight excluding hydrogens is 250 g/mol. The molecule has 0 aliphatic carbocycles. The fourth-order valence-corrected chi connectivity index (χ4v) is 1.93. The van der Waals surface area contributed by atoms with E-state index >= 15 is 0 Å². The molecule has 1 aromatic heterocycles. The highest BCUT2D eigenvalue weighted by atomic mass is 35.5. The van der Waals surface area contributed by atoms with Crippen molar-refractivity contribution in [2.24, 2.45) is 0 Å². The van der Waals surface area contributed by atoms with Crippen molar-refractivity contribution in [2.75, 3.05) is 12.4 Å². The zero-order valence-electron chi connectivity index (χ0n) is 11.4. The number of rotatable bonds is 2. The summed E-state index contributed by atoms with van der Waals surface area (Å²) in [7, 11) is 1.35. The molecule has 0 aromatic carbocycles. The van der Waals surface area contributed by atoms with Crippen LogP contribution >= 0.6 is 11.6 Å². The first kappa shape index (κ1) is 13.7. The number of anilines is 1. The van der Waals surface area contributed by atoms with Gasteiger partial charge in [0, 0.05) is 18.7 Å². The molecule has 0 saturated carbocycles. The summed E-state index contributed by atoms with van der Waals surface area (Å²) in [5, 5.41) is 3.53. The van der Waals surface area contributed by atoms with Crippen LogP contribution < -0.4 is 10.8 Å². The second-order valence-electron chi connectivity index (χ2n) is 5.43. The molecule has 0 atom stereocenters. The molecule has 0 unspecified atom stereocenters. The molecule has 2 heterocycles. The van der Waals surface area contributed by atoms with Crippen molar-refractivity contribution in [3.05, 3.63) is 17.3 Å². The van der Waals surface area contributed by atoms with E-state index < -0.39 is 7.12 Å². The highest BCUT2D eigenvalue weighted by molar-refractivity contribution is 6.65. The molecule has 1 fully saturated rings. The van der Waals surface area contributed by atoms with Gasteiger partial charge in [0.2, 0.25) is 0 Å². The van der Waals surface area contributed by atoms with Gasteiger partial charge in [0.05, 0.1) is 16.2 Å². The molecule has 1 aliphatic rings. The molecule has 0 spiro atoms. The Morgan fingerprint density at radius 1 is 1.22 bits per heavy atom. The summed E-state index contributed by atoms with van der Waals surface area (Å²) in [5.74, 6) is 0.740. The lowest BCUT2D eigenvalue weighted by molar-refractivity contribution is 0.00578. The summed E-state index contributed by atoms with van der Waals surface area (Å²) in [6.07, 6.45) is 1.60. The van der Waals surface area contributed by atoms with Crippen LogP contribution in [0.15, 0.2) is 12.3 Å². The van der Waals surface area contributed by atoms with Gasteiger partial charge < -0.3 is 14.6 Å². The van der Waals surface area contributed by atoms with Crippen LogP contribution in [-0.4, -0.2) is 30.4 Å². The van der Waals surface area contributed by atoms with Crippen LogP contribution in [0.2, 0.25) is 5.02 Å². The van der Waals surface area contributed by atoms with Crippen molar-refractivity contribution in [3.63, 3.8) is 0 Å². The Kier molecular flexibility index (Phi) is 3.34.